The zero-order valence-corrected chi connectivity index (χ0v) is 20.7. The second-order valence-electron chi connectivity index (χ2n) is 9.07. The molecule has 182 valence electrons. The van der Waals surface area contributed by atoms with Crippen LogP contribution in [0.2, 0.25) is 0 Å². The fourth-order valence-corrected chi connectivity index (χ4v) is 4.66. The molecule has 1 saturated heterocycles. The van der Waals surface area contributed by atoms with Crippen LogP contribution in [0.15, 0.2) is 41.5 Å². The van der Waals surface area contributed by atoms with E-state index in [2.05, 4.69) is 46.8 Å². The van der Waals surface area contributed by atoms with Crippen molar-refractivity contribution in [2.24, 2.45) is 5.10 Å². The van der Waals surface area contributed by atoms with Gasteiger partial charge in [0.1, 0.15) is 0 Å². The number of hydrogen-bond acceptors (Lipinski definition) is 6. The van der Waals surface area contributed by atoms with Crippen LogP contribution in [-0.2, 0) is 6.42 Å². The first kappa shape index (κ1) is 23.9. The van der Waals surface area contributed by atoms with Gasteiger partial charge in [0.25, 0.3) is 0 Å². The zero-order chi connectivity index (χ0) is 24.2. The molecule has 0 spiro atoms. The molecule has 8 nitrogen and oxygen atoms in total. The molecule has 0 bridgehead atoms. The lowest BCUT2D eigenvalue weighted by molar-refractivity contribution is 0.184. The van der Waals surface area contributed by atoms with E-state index in [-0.39, 0.29) is 12.1 Å². The molecule has 2 aromatic rings. The van der Waals surface area contributed by atoms with Crippen LogP contribution in [0.5, 0.6) is 11.5 Å². The van der Waals surface area contributed by atoms with Crippen LogP contribution in [0.4, 0.5) is 10.5 Å². The van der Waals surface area contributed by atoms with Crippen molar-refractivity contribution in [3.63, 3.8) is 0 Å². The molecule has 2 amide bonds. The minimum Gasteiger partial charge on any atom is -0.493 e. The molecule has 2 heterocycles. The Morgan fingerprint density at radius 1 is 1.06 bits per heavy atom. The van der Waals surface area contributed by atoms with E-state index in [1.807, 2.05) is 19.1 Å². The van der Waals surface area contributed by atoms with Crippen LogP contribution in [0.25, 0.3) is 0 Å². The second kappa shape index (κ2) is 10.3. The quantitative estimate of drug-likeness (QED) is 0.706. The van der Waals surface area contributed by atoms with Crippen molar-refractivity contribution in [3.8, 4) is 11.5 Å². The number of amides is 2. The smallest absolute Gasteiger partial charge is 0.337 e. The number of nitrogens with zero attached hydrogens (tertiary/aromatic N) is 3. The number of ether oxygens (including phenoxy) is 2. The maximum Gasteiger partial charge on any atom is 0.337 e. The molecule has 2 aliphatic heterocycles. The number of hydrazone groups is 1. The van der Waals surface area contributed by atoms with Crippen molar-refractivity contribution in [1.29, 1.82) is 0 Å². The standard InChI is InChI=1S/C26H35N5O3/c1-17-14-19-15-23(33-4)24(34-5)16-22(19)25(29-31(17)26(32)27-2)18-6-8-20(9-7-18)28-21-10-12-30(3)13-11-21/h6-9,15-17,21,28H,10-14H2,1-5H3,(H,27,32)/t17-/m0/s1. The number of fused-ring (bicyclic) bond motifs is 1. The predicted molar refractivity (Wildman–Crippen MR) is 135 cm³/mol. The van der Waals surface area contributed by atoms with E-state index in [9.17, 15) is 4.79 Å². The highest BCUT2D eigenvalue weighted by molar-refractivity contribution is 6.14. The highest BCUT2D eigenvalue weighted by Gasteiger charge is 2.28. The number of rotatable bonds is 5. The zero-order valence-electron chi connectivity index (χ0n) is 20.7. The van der Waals surface area contributed by atoms with Crippen LogP contribution in [0, 0.1) is 0 Å². The van der Waals surface area contributed by atoms with Crippen molar-refractivity contribution >= 4 is 17.4 Å². The van der Waals surface area contributed by atoms with Gasteiger partial charge < -0.3 is 25.0 Å². The maximum absolute atomic E-state index is 12.6. The topological polar surface area (TPSA) is 78.4 Å². The molecule has 0 saturated carbocycles. The molecule has 0 aliphatic carbocycles. The molecule has 0 radical (unpaired) electrons. The lowest BCUT2D eigenvalue weighted by atomic mass is 9.94. The van der Waals surface area contributed by atoms with Gasteiger partial charge in [0.2, 0.25) is 0 Å². The Bertz CT molecular complexity index is 1050. The Labute approximate surface area is 201 Å². The SMILES string of the molecule is CNC(=O)N1N=C(c2ccc(NC3CCN(C)CC3)cc2)c2cc(OC)c(OC)cc2C[C@@H]1C. The van der Waals surface area contributed by atoms with Crippen molar-refractivity contribution < 1.29 is 14.3 Å². The summed E-state index contributed by atoms with van der Waals surface area (Å²) in [6.45, 7) is 4.22. The van der Waals surface area contributed by atoms with Gasteiger partial charge in [-0.15, -0.1) is 0 Å². The van der Waals surface area contributed by atoms with Gasteiger partial charge in [0.15, 0.2) is 11.5 Å². The van der Waals surface area contributed by atoms with E-state index in [1.165, 1.54) is 5.01 Å². The minimum absolute atomic E-state index is 0.125. The van der Waals surface area contributed by atoms with E-state index in [0.29, 0.717) is 24.0 Å². The number of urea groups is 1. The first-order valence-corrected chi connectivity index (χ1v) is 11.8. The van der Waals surface area contributed by atoms with Gasteiger partial charge in [-0.25, -0.2) is 9.80 Å². The molecule has 4 rings (SSSR count). The van der Waals surface area contributed by atoms with Gasteiger partial charge in [-0.1, -0.05) is 12.1 Å². The van der Waals surface area contributed by atoms with Gasteiger partial charge in [0, 0.05) is 29.9 Å². The lowest BCUT2D eigenvalue weighted by Crippen LogP contribution is -2.41. The fraction of sp³-hybridized carbons (Fsp3) is 0.462. The van der Waals surface area contributed by atoms with Gasteiger partial charge in [0.05, 0.1) is 26.0 Å². The summed E-state index contributed by atoms with van der Waals surface area (Å²) in [7, 11) is 7.05. The predicted octanol–water partition coefficient (Wildman–Crippen LogP) is 3.55. The number of benzene rings is 2. The number of methoxy groups -OCH3 is 2. The largest absolute Gasteiger partial charge is 0.493 e. The lowest BCUT2D eigenvalue weighted by Gasteiger charge is -2.30. The van der Waals surface area contributed by atoms with Gasteiger partial charge >= 0.3 is 6.03 Å². The van der Waals surface area contributed by atoms with Crippen LogP contribution >= 0.6 is 0 Å². The van der Waals surface area contributed by atoms with E-state index in [4.69, 9.17) is 14.6 Å². The Morgan fingerprint density at radius 3 is 2.32 bits per heavy atom. The molecular weight excluding hydrogens is 430 g/mol. The Kier molecular flexibility index (Phi) is 7.26. The molecule has 8 heteroatoms. The molecule has 1 atom stereocenters. The van der Waals surface area contributed by atoms with Crippen molar-refractivity contribution in [2.45, 2.75) is 38.3 Å². The summed E-state index contributed by atoms with van der Waals surface area (Å²) in [6.07, 6.45) is 2.92. The summed E-state index contributed by atoms with van der Waals surface area (Å²) in [5.41, 5.74) is 4.76. The Morgan fingerprint density at radius 2 is 1.71 bits per heavy atom. The number of piperidine rings is 1. The average Bonchev–Trinajstić information content (AvgIpc) is 3.00. The first-order chi connectivity index (χ1) is 16.4. The third kappa shape index (κ3) is 4.97. The summed E-state index contributed by atoms with van der Waals surface area (Å²) in [6, 6.07) is 12.4. The molecular formula is C26H35N5O3. The van der Waals surface area contributed by atoms with E-state index < -0.39 is 0 Å². The number of carbonyl (C=O) groups excluding carboxylic acids is 1. The van der Waals surface area contributed by atoms with Crippen LogP contribution in [0.1, 0.15) is 36.5 Å². The minimum atomic E-state index is -0.239. The number of hydrogen-bond donors (Lipinski definition) is 2. The van der Waals surface area contributed by atoms with E-state index in [1.54, 1.807) is 21.3 Å². The van der Waals surface area contributed by atoms with Crippen molar-refractivity contribution in [3.05, 3.63) is 53.1 Å². The summed E-state index contributed by atoms with van der Waals surface area (Å²) in [5, 5.41) is 12.7. The third-order valence-electron chi connectivity index (χ3n) is 6.67. The summed E-state index contributed by atoms with van der Waals surface area (Å²) in [5.74, 6) is 1.30. The number of anilines is 1. The average molecular weight is 466 g/mol. The molecule has 34 heavy (non-hydrogen) atoms. The summed E-state index contributed by atoms with van der Waals surface area (Å²) < 4.78 is 11.1. The molecule has 2 aliphatic rings. The highest BCUT2D eigenvalue weighted by Crippen LogP contribution is 2.34. The monoisotopic (exact) mass is 465 g/mol. The van der Waals surface area contributed by atoms with Crippen molar-refractivity contribution in [1.82, 2.24) is 15.2 Å². The van der Waals surface area contributed by atoms with Crippen LogP contribution < -0.4 is 20.1 Å². The first-order valence-electron chi connectivity index (χ1n) is 11.8. The van der Waals surface area contributed by atoms with Gasteiger partial charge in [-0.2, -0.15) is 5.10 Å². The van der Waals surface area contributed by atoms with Gasteiger partial charge in [-0.05, 0) is 76.2 Å². The number of likely N-dealkylation sites (tertiary alicyclic amines) is 1. The number of nitrogens with one attached hydrogen (secondary N) is 2. The van der Waals surface area contributed by atoms with Crippen molar-refractivity contribution in [2.75, 3.05) is 46.7 Å². The summed E-state index contributed by atoms with van der Waals surface area (Å²) >= 11 is 0. The van der Waals surface area contributed by atoms with Gasteiger partial charge in [-0.3, -0.25) is 0 Å². The molecule has 1 fully saturated rings. The Balaban J connectivity index is 1.70. The highest BCUT2D eigenvalue weighted by atomic mass is 16.5. The molecule has 2 N–H and O–H groups in total. The third-order valence-corrected chi connectivity index (χ3v) is 6.67. The fourth-order valence-electron chi connectivity index (χ4n) is 4.66. The maximum atomic E-state index is 12.6. The molecule has 0 unspecified atom stereocenters. The molecule has 0 aromatic heterocycles. The van der Waals surface area contributed by atoms with Crippen LogP contribution in [0.3, 0.4) is 0 Å². The normalized spacial score (nSPS) is 19.0. The summed E-state index contributed by atoms with van der Waals surface area (Å²) in [4.78, 5) is 15.0. The number of carbonyl (C=O) groups is 1. The molecule has 2 aromatic carbocycles. The van der Waals surface area contributed by atoms with Crippen LogP contribution in [-0.4, -0.2) is 75.1 Å². The van der Waals surface area contributed by atoms with E-state index >= 15 is 0 Å². The van der Waals surface area contributed by atoms with E-state index in [0.717, 1.165) is 54.0 Å². The second-order valence-corrected chi connectivity index (χ2v) is 9.07. The Hall–Kier alpha value is -3.26.